The predicted molar refractivity (Wildman–Crippen MR) is 84.1 cm³/mol. The number of carbonyl (C=O) groups is 3. The van der Waals surface area contributed by atoms with Crippen molar-refractivity contribution in [2.75, 3.05) is 13.7 Å². The minimum atomic E-state index is -0.656. The predicted octanol–water partition coefficient (Wildman–Crippen LogP) is 1.57. The highest BCUT2D eigenvalue weighted by Crippen LogP contribution is 2.24. The molecule has 0 aromatic heterocycles. The second-order valence-electron chi connectivity index (χ2n) is 4.72. The molecule has 0 aliphatic rings. The zero-order valence-electron chi connectivity index (χ0n) is 12.4. The first-order valence-electron chi connectivity index (χ1n) is 6.80. The largest absolute Gasteiger partial charge is 0.507 e. The maximum atomic E-state index is 12.1. The first-order chi connectivity index (χ1) is 11.0. The number of hydrogen-bond acceptors (Lipinski definition) is 5. The van der Waals surface area contributed by atoms with Crippen LogP contribution in [0.5, 0.6) is 5.75 Å². The minimum absolute atomic E-state index is 0.0773. The molecule has 0 saturated carbocycles. The van der Waals surface area contributed by atoms with Gasteiger partial charge < -0.3 is 15.2 Å². The topological polar surface area (TPSA) is 92.7 Å². The summed E-state index contributed by atoms with van der Waals surface area (Å²) in [5.41, 5.74) is 0.0773. The number of fused-ring (bicyclic) bond motifs is 1. The van der Waals surface area contributed by atoms with E-state index in [0.29, 0.717) is 0 Å². The molecular weight excluding hydrogens is 298 g/mol. The molecule has 0 saturated heterocycles. The quantitative estimate of drug-likeness (QED) is 0.646. The molecule has 1 amide bonds. The lowest BCUT2D eigenvalue weighted by molar-refractivity contribution is -0.135. The Morgan fingerprint density at radius 3 is 2.43 bits per heavy atom. The second-order valence-corrected chi connectivity index (χ2v) is 4.72. The van der Waals surface area contributed by atoms with Crippen LogP contribution in [0.2, 0.25) is 0 Å². The lowest BCUT2D eigenvalue weighted by atomic mass is 10.1. The van der Waals surface area contributed by atoms with Gasteiger partial charge >= 0.3 is 5.97 Å². The number of hydrogen-bond donors (Lipinski definition) is 2. The van der Waals surface area contributed by atoms with Gasteiger partial charge in [-0.05, 0) is 29.0 Å². The zero-order chi connectivity index (χ0) is 16.8. The summed E-state index contributed by atoms with van der Waals surface area (Å²) in [7, 11) is 1.20. The monoisotopic (exact) mass is 313 g/mol. The van der Waals surface area contributed by atoms with Gasteiger partial charge in [0.2, 0.25) is 0 Å². The van der Waals surface area contributed by atoms with Crippen molar-refractivity contribution in [3.8, 4) is 5.75 Å². The number of amides is 1. The average molecular weight is 313 g/mol. The number of aromatic hydroxyl groups is 1. The maximum absolute atomic E-state index is 12.1. The van der Waals surface area contributed by atoms with E-state index in [1.54, 1.807) is 6.07 Å². The molecule has 0 aliphatic heterocycles. The number of phenolic OH excluding ortho intramolecular Hbond substituents is 1. The zero-order valence-corrected chi connectivity index (χ0v) is 12.4. The number of carbonyl (C=O) groups excluding carboxylic acids is 3. The minimum Gasteiger partial charge on any atom is -0.507 e. The van der Waals surface area contributed by atoms with E-state index < -0.39 is 17.7 Å². The highest BCUT2D eigenvalue weighted by atomic mass is 16.5. The Balaban J connectivity index is 2.06. The summed E-state index contributed by atoms with van der Waals surface area (Å²) >= 11 is 0. The Hall–Kier alpha value is -3.15. The van der Waals surface area contributed by atoms with Gasteiger partial charge in [-0.1, -0.05) is 24.3 Å². The van der Waals surface area contributed by atoms with Crippen LogP contribution in [0.4, 0.5) is 0 Å². The smallest absolute Gasteiger partial charge is 0.330 e. The molecule has 0 heterocycles. The van der Waals surface area contributed by atoms with Crippen molar-refractivity contribution in [2.24, 2.45) is 0 Å². The fourth-order valence-electron chi connectivity index (χ4n) is 1.96. The van der Waals surface area contributed by atoms with Crippen molar-refractivity contribution in [1.82, 2.24) is 5.32 Å². The Bertz CT molecular complexity index is 795. The van der Waals surface area contributed by atoms with E-state index in [1.807, 2.05) is 24.3 Å². The van der Waals surface area contributed by atoms with Crippen LogP contribution < -0.4 is 5.32 Å². The molecule has 0 aliphatic carbocycles. The Morgan fingerprint density at radius 1 is 1.13 bits per heavy atom. The van der Waals surface area contributed by atoms with Crippen LogP contribution in [0.3, 0.4) is 0 Å². The molecule has 2 N–H and O–H groups in total. The van der Waals surface area contributed by atoms with E-state index in [4.69, 9.17) is 0 Å². The summed E-state index contributed by atoms with van der Waals surface area (Å²) in [5.74, 6) is -1.87. The molecule has 0 spiro atoms. The van der Waals surface area contributed by atoms with Crippen LogP contribution in [0, 0.1) is 0 Å². The third-order valence-corrected chi connectivity index (χ3v) is 3.14. The van der Waals surface area contributed by atoms with Crippen LogP contribution in [0.15, 0.2) is 48.6 Å². The standard InChI is InChI=1S/C17H15NO5/c1-23-16(21)7-6-13(19)10-18-17(22)14-8-11-4-2-3-5-12(11)9-15(14)20/h2-9,20H,10H2,1H3,(H,18,22)/b7-6-. The number of nitrogens with one attached hydrogen (secondary N) is 1. The molecule has 2 aromatic carbocycles. The van der Waals surface area contributed by atoms with Gasteiger partial charge in [-0.2, -0.15) is 0 Å². The molecule has 118 valence electrons. The first-order valence-corrected chi connectivity index (χ1v) is 6.80. The van der Waals surface area contributed by atoms with E-state index in [-0.39, 0.29) is 17.9 Å². The third-order valence-electron chi connectivity index (χ3n) is 3.14. The van der Waals surface area contributed by atoms with Crippen LogP contribution in [-0.4, -0.2) is 36.4 Å². The number of ether oxygens (including phenoxy) is 1. The number of benzene rings is 2. The highest BCUT2D eigenvalue weighted by Gasteiger charge is 2.13. The number of methoxy groups -OCH3 is 1. The van der Waals surface area contributed by atoms with Gasteiger partial charge in [-0.15, -0.1) is 0 Å². The highest BCUT2D eigenvalue weighted by molar-refractivity contribution is 6.04. The van der Waals surface area contributed by atoms with Crippen molar-refractivity contribution < 1.29 is 24.2 Å². The molecule has 6 nitrogen and oxygen atoms in total. The maximum Gasteiger partial charge on any atom is 0.330 e. The van der Waals surface area contributed by atoms with E-state index in [9.17, 15) is 19.5 Å². The molecule has 0 fully saturated rings. The molecule has 23 heavy (non-hydrogen) atoms. The molecular formula is C17H15NO5. The van der Waals surface area contributed by atoms with Crippen LogP contribution in [0.25, 0.3) is 10.8 Å². The van der Waals surface area contributed by atoms with Crippen molar-refractivity contribution >= 4 is 28.4 Å². The van der Waals surface area contributed by atoms with Gasteiger partial charge in [0.1, 0.15) is 5.75 Å². The van der Waals surface area contributed by atoms with Crippen LogP contribution >= 0.6 is 0 Å². The van der Waals surface area contributed by atoms with Gasteiger partial charge in [-0.3, -0.25) is 9.59 Å². The van der Waals surface area contributed by atoms with Gasteiger partial charge in [0.25, 0.3) is 5.91 Å². The van der Waals surface area contributed by atoms with Crippen LogP contribution in [-0.2, 0) is 14.3 Å². The van der Waals surface area contributed by atoms with E-state index >= 15 is 0 Å². The van der Waals surface area contributed by atoms with Gasteiger partial charge in [0.15, 0.2) is 5.78 Å². The lowest BCUT2D eigenvalue weighted by Gasteiger charge is -2.07. The molecule has 0 atom stereocenters. The Morgan fingerprint density at radius 2 is 1.78 bits per heavy atom. The van der Waals surface area contributed by atoms with Crippen LogP contribution in [0.1, 0.15) is 10.4 Å². The van der Waals surface area contributed by atoms with Crippen molar-refractivity contribution in [2.45, 2.75) is 0 Å². The summed E-state index contributed by atoms with van der Waals surface area (Å²) in [4.78, 5) is 34.5. The van der Waals surface area contributed by atoms with Gasteiger partial charge in [-0.25, -0.2) is 4.79 Å². The van der Waals surface area contributed by atoms with E-state index in [1.165, 1.54) is 13.2 Å². The van der Waals surface area contributed by atoms with E-state index in [2.05, 4.69) is 10.1 Å². The Labute approximate surface area is 132 Å². The summed E-state index contributed by atoms with van der Waals surface area (Å²) in [6.07, 6.45) is 1.99. The summed E-state index contributed by atoms with van der Waals surface area (Å²) in [6, 6.07) is 10.3. The normalized spacial score (nSPS) is 10.7. The van der Waals surface area contributed by atoms with Gasteiger partial charge in [0, 0.05) is 6.08 Å². The fraction of sp³-hybridized carbons (Fsp3) is 0.118. The molecule has 0 bridgehead atoms. The van der Waals surface area contributed by atoms with Crippen molar-refractivity contribution in [1.29, 1.82) is 0 Å². The lowest BCUT2D eigenvalue weighted by Crippen LogP contribution is -2.28. The summed E-state index contributed by atoms with van der Waals surface area (Å²) < 4.78 is 4.35. The summed E-state index contributed by atoms with van der Waals surface area (Å²) in [6.45, 7) is -0.293. The fourth-order valence-corrected chi connectivity index (χ4v) is 1.96. The molecule has 0 radical (unpaired) electrons. The second kappa shape index (κ2) is 7.22. The molecule has 6 heteroatoms. The summed E-state index contributed by atoms with van der Waals surface area (Å²) in [5, 5.41) is 13.9. The molecule has 2 rings (SSSR count). The number of esters is 1. The first kappa shape index (κ1) is 16.2. The Kier molecular flexibility index (Phi) is 5.09. The number of phenols is 1. The SMILES string of the molecule is COC(=O)/C=C\C(=O)CNC(=O)c1cc2ccccc2cc1O. The van der Waals surface area contributed by atoms with Crippen molar-refractivity contribution in [3.05, 3.63) is 54.1 Å². The number of rotatable bonds is 5. The number of ketones is 1. The molecule has 0 unspecified atom stereocenters. The third kappa shape index (κ3) is 4.16. The average Bonchev–Trinajstić information content (AvgIpc) is 2.56. The molecule has 2 aromatic rings. The van der Waals surface area contributed by atoms with Gasteiger partial charge in [0.05, 0.1) is 19.2 Å². The van der Waals surface area contributed by atoms with E-state index in [0.717, 1.165) is 22.9 Å². The van der Waals surface area contributed by atoms with Crippen molar-refractivity contribution in [3.63, 3.8) is 0 Å².